The van der Waals surface area contributed by atoms with Crippen molar-refractivity contribution in [3.8, 4) is 0 Å². The molecule has 0 spiro atoms. The maximum absolute atomic E-state index is 5.64. The first-order valence-corrected chi connectivity index (χ1v) is 6.20. The third-order valence-electron chi connectivity index (χ3n) is 2.85. The maximum atomic E-state index is 5.64. The fraction of sp³-hybridized carbons (Fsp3) is 1.00. The van der Waals surface area contributed by atoms with Crippen molar-refractivity contribution in [2.45, 2.75) is 25.8 Å². The number of hydrogen-bond acceptors (Lipinski definition) is 4. The Kier molecular flexibility index (Phi) is 7.76. The molecule has 1 rings (SSSR count). The van der Waals surface area contributed by atoms with E-state index in [4.69, 9.17) is 14.2 Å². The highest BCUT2D eigenvalue weighted by molar-refractivity contribution is 4.63. The molecular weight excluding hydrogens is 206 g/mol. The molecule has 1 N–H and O–H groups in total. The van der Waals surface area contributed by atoms with Crippen LogP contribution in [0, 0.1) is 5.92 Å². The van der Waals surface area contributed by atoms with Gasteiger partial charge in [-0.2, -0.15) is 0 Å². The van der Waals surface area contributed by atoms with Crippen LogP contribution in [-0.2, 0) is 14.2 Å². The Morgan fingerprint density at radius 1 is 1.38 bits per heavy atom. The topological polar surface area (TPSA) is 39.7 Å². The lowest BCUT2D eigenvalue weighted by atomic mass is 10.0. The Morgan fingerprint density at radius 3 is 2.81 bits per heavy atom. The maximum Gasteiger partial charge on any atom is 0.0613 e. The van der Waals surface area contributed by atoms with Crippen molar-refractivity contribution in [3.63, 3.8) is 0 Å². The fourth-order valence-corrected chi connectivity index (χ4v) is 1.85. The van der Waals surface area contributed by atoms with Crippen molar-refractivity contribution in [1.29, 1.82) is 0 Å². The van der Waals surface area contributed by atoms with E-state index in [0.717, 1.165) is 52.4 Å². The number of ether oxygens (including phenoxy) is 3. The van der Waals surface area contributed by atoms with E-state index in [0.29, 0.717) is 12.0 Å². The predicted molar refractivity (Wildman–Crippen MR) is 63.7 cm³/mol. The summed E-state index contributed by atoms with van der Waals surface area (Å²) in [6.45, 7) is 7.22. The lowest BCUT2D eigenvalue weighted by molar-refractivity contribution is 0.0207. The highest BCUT2D eigenvalue weighted by Gasteiger charge is 2.13. The average molecular weight is 231 g/mol. The second-order valence-corrected chi connectivity index (χ2v) is 4.44. The third-order valence-corrected chi connectivity index (χ3v) is 2.85. The molecule has 0 bridgehead atoms. The third kappa shape index (κ3) is 6.43. The Balaban J connectivity index is 1.87. The van der Waals surface area contributed by atoms with Crippen LogP contribution in [0.2, 0.25) is 0 Å². The van der Waals surface area contributed by atoms with E-state index in [1.807, 2.05) is 0 Å². The van der Waals surface area contributed by atoms with Gasteiger partial charge >= 0.3 is 0 Å². The summed E-state index contributed by atoms with van der Waals surface area (Å²) in [5.74, 6) is 0.699. The molecule has 1 atom stereocenters. The highest BCUT2D eigenvalue weighted by atomic mass is 16.5. The minimum atomic E-state index is 0.400. The number of nitrogens with one attached hydrogen (secondary N) is 1. The smallest absolute Gasteiger partial charge is 0.0613 e. The van der Waals surface area contributed by atoms with Gasteiger partial charge in [-0.1, -0.05) is 0 Å². The lowest BCUT2D eigenvalue weighted by Gasteiger charge is -2.22. The Labute approximate surface area is 98.6 Å². The molecule has 0 amide bonds. The quantitative estimate of drug-likeness (QED) is 0.634. The Hall–Kier alpha value is -0.160. The summed E-state index contributed by atoms with van der Waals surface area (Å²) in [6, 6.07) is 0.400. The zero-order chi connectivity index (χ0) is 11.6. The van der Waals surface area contributed by atoms with Crippen molar-refractivity contribution in [2.75, 3.05) is 46.7 Å². The van der Waals surface area contributed by atoms with E-state index in [-0.39, 0.29) is 0 Å². The molecule has 1 heterocycles. The average Bonchev–Trinajstić information content (AvgIpc) is 2.30. The molecule has 1 saturated heterocycles. The second kappa shape index (κ2) is 8.93. The van der Waals surface area contributed by atoms with Crippen LogP contribution in [0.5, 0.6) is 0 Å². The molecule has 1 unspecified atom stereocenters. The van der Waals surface area contributed by atoms with Gasteiger partial charge in [0.05, 0.1) is 13.2 Å². The van der Waals surface area contributed by atoms with Gasteiger partial charge in [-0.15, -0.1) is 0 Å². The summed E-state index contributed by atoms with van der Waals surface area (Å²) in [7, 11) is 1.72. The molecule has 1 aliphatic rings. The number of rotatable bonds is 8. The number of methoxy groups -OCH3 is 1. The molecule has 96 valence electrons. The first-order valence-electron chi connectivity index (χ1n) is 6.20. The van der Waals surface area contributed by atoms with Crippen LogP contribution in [0.3, 0.4) is 0 Å². The van der Waals surface area contributed by atoms with Gasteiger partial charge in [-0.25, -0.2) is 0 Å². The summed E-state index contributed by atoms with van der Waals surface area (Å²) >= 11 is 0. The van der Waals surface area contributed by atoms with Crippen molar-refractivity contribution in [2.24, 2.45) is 5.92 Å². The highest BCUT2D eigenvalue weighted by Crippen LogP contribution is 2.14. The van der Waals surface area contributed by atoms with Crippen LogP contribution in [0.4, 0.5) is 0 Å². The molecule has 0 aromatic heterocycles. The first-order chi connectivity index (χ1) is 7.83. The van der Waals surface area contributed by atoms with Crippen LogP contribution in [0.25, 0.3) is 0 Å². The fourth-order valence-electron chi connectivity index (χ4n) is 1.85. The summed E-state index contributed by atoms with van der Waals surface area (Å²) in [5.41, 5.74) is 0. The Bertz CT molecular complexity index is 160. The molecule has 1 fully saturated rings. The minimum absolute atomic E-state index is 0.400. The standard InChI is InChI=1S/C12H25NO3/c1-11(9-14-2)13-5-8-16-10-12-3-6-15-7-4-12/h11-13H,3-10H2,1-2H3. The molecule has 4 heteroatoms. The molecular formula is C12H25NO3. The molecule has 0 saturated carbocycles. The van der Waals surface area contributed by atoms with Gasteiger partial charge in [0.2, 0.25) is 0 Å². The van der Waals surface area contributed by atoms with E-state index in [1.54, 1.807) is 7.11 Å². The van der Waals surface area contributed by atoms with Crippen LogP contribution < -0.4 is 5.32 Å². The predicted octanol–water partition coefficient (Wildman–Crippen LogP) is 1.05. The van der Waals surface area contributed by atoms with Crippen molar-refractivity contribution >= 4 is 0 Å². The van der Waals surface area contributed by atoms with Crippen LogP contribution in [0.15, 0.2) is 0 Å². The van der Waals surface area contributed by atoms with Gasteiger partial charge in [0.25, 0.3) is 0 Å². The molecule has 1 aliphatic heterocycles. The number of hydrogen-bond donors (Lipinski definition) is 1. The van der Waals surface area contributed by atoms with Gasteiger partial charge in [0.15, 0.2) is 0 Å². The normalized spacial score (nSPS) is 19.9. The van der Waals surface area contributed by atoms with Crippen LogP contribution in [0.1, 0.15) is 19.8 Å². The minimum Gasteiger partial charge on any atom is -0.383 e. The van der Waals surface area contributed by atoms with Crippen LogP contribution >= 0.6 is 0 Å². The van der Waals surface area contributed by atoms with Gasteiger partial charge in [-0.3, -0.25) is 0 Å². The van der Waals surface area contributed by atoms with E-state index in [2.05, 4.69) is 12.2 Å². The van der Waals surface area contributed by atoms with Crippen LogP contribution in [-0.4, -0.2) is 52.7 Å². The van der Waals surface area contributed by atoms with Crippen molar-refractivity contribution < 1.29 is 14.2 Å². The summed E-state index contributed by atoms with van der Waals surface area (Å²) in [6.07, 6.45) is 2.29. The van der Waals surface area contributed by atoms with Gasteiger partial charge in [0, 0.05) is 39.5 Å². The zero-order valence-corrected chi connectivity index (χ0v) is 10.5. The zero-order valence-electron chi connectivity index (χ0n) is 10.5. The largest absolute Gasteiger partial charge is 0.383 e. The van der Waals surface area contributed by atoms with Crippen molar-refractivity contribution in [3.05, 3.63) is 0 Å². The molecule has 16 heavy (non-hydrogen) atoms. The van der Waals surface area contributed by atoms with Gasteiger partial charge in [0.1, 0.15) is 0 Å². The SMILES string of the molecule is COCC(C)NCCOCC1CCOCC1. The van der Waals surface area contributed by atoms with Gasteiger partial charge in [-0.05, 0) is 25.7 Å². The summed E-state index contributed by atoms with van der Waals surface area (Å²) < 4.78 is 16.0. The molecule has 0 aliphatic carbocycles. The molecule has 0 aromatic carbocycles. The monoisotopic (exact) mass is 231 g/mol. The van der Waals surface area contributed by atoms with E-state index >= 15 is 0 Å². The molecule has 0 aromatic rings. The molecule has 0 radical (unpaired) electrons. The second-order valence-electron chi connectivity index (χ2n) is 4.44. The first kappa shape index (κ1) is 13.9. The summed E-state index contributed by atoms with van der Waals surface area (Å²) in [5, 5.41) is 3.35. The van der Waals surface area contributed by atoms with Gasteiger partial charge < -0.3 is 19.5 Å². The summed E-state index contributed by atoms with van der Waals surface area (Å²) in [4.78, 5) is 0. The Morgan fingerprint density at radius 2 is 2.12 bits per heavy atom. The van der Waals surface area contributed by atoms with Crippen molar-refractivity contribution in [1.82, 2.24) is 5.32 Å². The molecule has 4 nitrogen and oxygen atoms in total. The van der Waals surface area contributed by atoms with E-state index < -0.39 is 0 Å². The van der Waals surface area contributed by atoms with E-state index in [1.165, 1.54) is 0 Å². The van der Waals surface area contributed by atoms with E-state index in [9.17, 15) is 0 Å². The lowest BCUT2D eigenvalue weighted by Crippen LogP contribution is -2.33.